The molecule has 0 saturated heterocycles. The summed E-state index contributed by atoms with van der Waals surface area (Å²) < 4.78 is 0. The molecule has 90 valence electrons. The molecule has 0 unspecified atom stereocenters. The Balaban J connectivity index is 3.07. The van der Waals surface area contributed by atoms with E-state index < -0.39 is 0 Å². The fourth-order valence-electron chi connectivity index (χ4n) is 2.62. The van der Waals surface area contributed by atoms with Crippen molar-refractivity contribution in [2.75, 3.05) is 0 Å². The zero-order chi connectivity index (χ0) is 12.5. The van der Waals surface area contributed by atoms with Crippen LogP contribution < -0.4 is 0 Å². The Hall–Kier alpha value is -0.850. The van der Waals surface area contributed by atoms with Gasteiger partial charge in [0.25, 0.3) is 0 Å². The molecule has 0 spiro atoms. The molecule has 0 N–H and O–H groups in total. The Morgan fingerprint density at radius 1 is 1.50 bits per heavy atom. The third kappa shape index (κ3) is 2.14. The van der Waals surface area contributed by atoms with E-state index >= 15 is 0 Å². The predicted octanol–water partition coefficient (Wildman–Crippen LogP) is 4.15. The van der Waals surface area contributed by atoms with E-state index in [2.05, 4.69) is 27.4 Å². The van der Waals surface area contributed by atoms with Crippen molar-refractivity contribution in [3.05, 3.63) is 23.8 Å². The zero-order valence-electron chi connectivity index (χ0n) is 11.3. The minimum atomic E-state index is 0.00690. The monoisotopic (exact) mass is 220 g/mol. The predicted molar refractivity (Wildman–Crippen MR) is 69.2 cm³/mol. The molecule has 16 heavy (non-hydrogen) atoms. The standard InChI is InChI=1S/C15H24O/c1-7-10(2)14(16)13-11(3)8-9-12(4)15(13,5)6/h7,12-13H,3,8-9H2,1-2,4-6H3/t12-,13+/m1/s1. The van der Waals surface area contributed by atoms with E-state index in [1.807, 2.05) is 19.9 Å². The first-order chi connectivity index (χ1) is 7.32. The molecule has 0 heterocycles. The molecule has 1 aliphatic rings. The topological polar surface area (TPSA) is 17.1 Å². The highest BCUT2D eigenvalue weighted by molar-refractivity contribution is 5.98. The van der Waals surface area contributed by atoms with Crippen LogP contribution in [0.3, 0.4) is 0 Å². The molecule has 1 nitrogen and oxygen atoms in total. The summed E-state index contributed by atoms with van der Waals surface area (Å²) in [6, 6.07) is 0. The van der Waals surface area contributed by atoms with Crippen molar-refractivity contribution in [1.29, 1.82) is 0 Å². The van der Waals surface area contributed by atoms with Gasteiger partial charge in [-0.25, -0.2) is 0 Å². The Morgan fingerprint density at radius 2 is 2.06 bits per heavy atom. The van der Waals surface area contributed by atoms with Gasteiger partial charge < -0.3 is 0 Å². The highest BCUT2D eigenvalue weighted by atomic mass is 16.1. The minimum absolute atomic E-state index is 0.00690. The summed E-state index contributed by atoms with van der Waals surface area (Å²) in [5, 5.41) is 0. The Bertz CT molecular complexity index is 333. The molecule has 0 aromatic carbocycles. The molecule has 1 aliphatic carbocycles. The van der Waals surface area contributed by atoms with E-state index in [9.17, 15) is 4.79 Å². The normalized spacial score (nSPS) is 30.3. The van der Waals surface area contributed by atoms with Crippen LogP contribution in [0.2, 0.25) is 0 Å². The van der Waals surface area contributed by atoms with Crippen LogP contribution in [0.5, 0.6) is 0 Å². The molecule has 0 bridgehead atoms. The Morgan fingerprint density at radius 3 is 2.56 bits per heavy atom. The van der Waals surface area contributed by atoms with Gasteiger partial charge >= 0.3 is 0 Å². The number of ketones is 1. The van der Waals surface area contributed by atoms with E-state index in [1.54, 1.807) is 0 Å². The van der Waals surface area contributed by atoms with Crippen LogP contribution in [0, 0.1) is 17.3 Å². The molecule has 0 aromatic heterocycles. The van der Waals surface area contributed by atoms with Gasteiger partial charge in [0.1, 0.15) is 0 Å². The number of carbonyl (C=O) groups is 1. The zero-order valence-corrected chi connectivity index (χ0v) is 11.3. The number of hydrogen-bond acceptors (Lipinski definition) is 1. The summed E-state index contributed by atoms with van der Waals surface area (Å²) in [4.78, 5) is 12.4. The summed E-state index contributed by atoms with van der Waals surface area (Å²) in [7, 11) is 0. The lowest BCUT2D eigenvalue weighted by molar-refractivity contribution is -0.123. The molecule has 2 atom stereocenters. The van der Waals surface area contributed by atoms with Crippen LogP contribution in [0.4, 0.5) is 0 Å². The second-order valence-electron chi connectivity index (χ2n) is 5.69. The second-order valence-corrected chi connectivity index (χ2v) is 5.69. The largest absolute Gasteiger partial charge is 0.294 e. The molecular weight excluding hydrogens is 196 g/mol. The maximum Gasteiger partial charge on any atom is 0.165 e. The molecule has 0 aliphatic heterocycles. The van der Waals surface area contributed by atoms with Gasteiger partial charge in [-0.3, -0.25) is 4.79 Å². The number of carbonyl (C=O) groups excluding carboxylic acids is 1. The van der Waals surface area contributed by atoms with Crippen LogP contribution in [-0.2, 0) is 4.79 Å². The molecule has 0 radical (unpaired) electrons. The summed E-state index contributed by atoms with van der Waals surface area (Å²) in [5.41, 5.74) is 2.03. The Kier molecular flexibility index (Phi) is 3.77. The van der Waals surface area contributed by atoms with Gasteiger partial charge in [0.15, 0.2) is 5.78 Å². The van der Waals surface area contributed by atoms with Crippen LogP contribution >= 0.6 is 0 Å². The lowest BCUT2D eigenvalue weighted by Crippen LogP contribution is -2.41. The van der Waals surface area contributed by atoms with Gasteiger partial charge in [0.05, 0.1) is 0 Å². The van der Waals surface area contributed by atoms with E-state index in [1.165, 1.54) is 0 Å². The summed E-state index contributed by atoms with van der Waals surface area (Å²) in [6.07, 6.45) is 4.06. The van der Waals surface area contributed by atoms with Gasteiger partial charge in [0.2, 0.25) is 0 Å². The lowest BCUT2D eigenvalue weighted by Gasteiger charge is -2.44. The third-order valence-corrected chi connectivity index (χ3v) is 4.40. The van der Waals surface area contributed by atoms with Crippen LogP contribution in [0.25, 0.3) is 0 Å². The number of rotatable bonds is 2. The Labute approximate surface area is 99.6 Å². The fraction of sp³-hybridized carbons (Fsp3) is 0.667. The molecule has 0 aromatic rings. The minimum Gasteiger partial charge on any atom is -0.294 e. The van der Waals surface area contributed by atoms with Gasteiger partial charge in [0, 0.05) is 5.92 Å². The smallest absolute Gasteiger partial charge is 0.165 e. The average molecular weight is 220 g/mol. The van der Waals surface area contributed by atoms with Gasteiger partial charge in [-0.1, -0.05) is 39.0 Å². The maximum absolute atomic E-state index is 12.4. The quantitative estimate of drug-likeness (QED) is 0.504. The SMILES string of the molecule is C=C1CC[C@@H](C)C(C)(C)[C@@H]1C(=O)C(C)=CC. The number of Topliss-reactive ketones (excluding diaryl/α,β-unsaturated/α-hetero) is 1. The summed E-state index contributed by atoms with van der Waals surface area (Å²) in [6.45, 7) is 14.6. The summed E-state index contributed by atoms with van der Waals surface area (Å²) >= 11 is 0. The van der Waals surface area contributed by atoms with E-state index in [0.717, 1.165) is 24.0 Å². The van der Waals surface area contributed by atoms with Gasteiger partial charge in [-0.15, -0.1) is 0 Å². The van der Waals surface area contributed by atoms with Crippen LogP contribution in [0.15, 0.2) is 23.8 Å². The van der Waals surface area contributed by atoms with Crippen LogP contribution in [0.1, 0.15) is 47.5 Å². The van der Waals surface area contributed by atoms with Gasteiger partial charge in [-0.2, -0.15) is 0 Å². The number of hydrogen-bond donors (Lipinski definition) is 0. The van der Waals surface area contributed by atoms with Crippen molar-refractivity contribution >= 4 is 5.78 Å². The van der Waals surface area contributed by atoms with Gasteiger partial charge in [-0.05, 0) is 43.6 Å². The molecule has 1 fully saturated rings. The van der Waals surface area contributed by atoms with Crippen molar-refractivity contribution in [3.63, 3.8) is 0 Å². The summed E-state index contributed by atoms with van der Waals surface area (Å²) in [5.74, 6) is 0.855. The fourth-order valence-corrected chi connectivity index (χ4v) is 2.62. The van der Waals surface area contributed by atoms with E-state index in [-0.39, 0.29) is 17.1 Å². The first-order valence-electron chi connectivity index (χ1n) is 6.17. The van der Waals surface area contributed by atoms with Crippen molar-refractivity contribution in [3.8, 4) is 0 Å². The molecular formula is C15H24O. The molecule has 0 amide bonds. The maximum atomic E-state index is 12.4. The van der Waals surface area contributed by atoms with Crippen molar-refractivity contribution in [2.24, 2.45) is 17.3 Å². The number of allylic oxidation sites excluding steroid dienone is 3. The van der Waals surface area contributed by atoms with E-state index in [0.29, 0.717) is 5.92 Å². The van der Waals surface area contributed by atoms with E-state index in [4.69, 9.17) is 0 Å². The highest BCUT2D eigenvalue weighted by Crippen LogP contribution is 2.48. The molecule has 1 rings (SSSR count). The van der Waals surface area contributed by atoms with Crippen molar-refractivity contribution in [1.82, 2.24) is 0 Å². The average Bonchev–Trinajstić information content (AvgIpc) is 2.22. The highest BCUT2D eigenvalue weighted by Gasteiger charge is 2.43. The van der Waals surface area contributed by atoms with Crippen molar-refractivity contribution in [2.45, 2.75) is 47.5 Å². The third-order valence-electron chi connectivity index (χ3n) is 4.40. The first kappa shape index (κ1) is 13.2. The second kappa shape index (κ2) is 4.57. The molecule has 1 saturated carbocycles. The van der Waals surface area contributed by atoms with Crippen LogP contribution in [-0.4, -0.2) is 5.78 Å². The molecule has 1 heteroatoms. The lowest BCUT2D eigenvalue weighted by atomic mass is 9.59. The van der Waals surface area contributed by atoms with Crippen molar-refractivity contribution < 1.29 is 4.79 Å². The first-order valence-corrected chi connectivity index (χ1v) is 6.17.